The van der Waals surface area contributed by atoms with Crippen LogP contribution in [0.3, 0.4) is 0 Å². The molecule has 0 bridgehead atoms. The van der Waals surface area contributed by atoms with E-state index in [2.05, 4.69) is 20.0 Å². The van der Waals surface area contributed by atoms with Gasteiger partial charge in [0.15, 0.2) is 0 Å². The number of rotatable bonds is 3. The van der Waals surface area contributed by atoms with Crippen molar-refractivity contribution in [2.45, 2.75) is 0 Å². The maximum atomic E-state index is 10.9. The molecule has 1 rings (SSSR count). The highest BCUT2D eigenvalue weighted by Gasteiger charge is 2.01. The number of nitrogens with zero attached hydrogens (tertiary/aromatic N) is 2. The predicted octanol–water partition coefficient (Wildman–Crippen LogP) is 0.0174. The van der Waals surface area contributed by atoms with Gasteiger partial charge in [-0.1, -0.05) is 0 Å². The van der Waals surface area contributed by atoms with Gasteiger partial charge in [0.2, 0.25) is 0 Å². The number of hydrogen-bond acceptors (Lipinski definition) is 5. The molecule has 0 fully saturated rings. The summed E-state index contributed by atoms with van der Waals surface area (Å²) in [4.78, 5) is 18.2. The average molecular weight is 183 g/mol. The Bertz CT molecular complexity index is 265. The van der Waals surface area contributed by atoms with Gasteiger partial charge in [0.05, 0.1) is 24.7 Å². The molecule has 0 saturated heterocycles. The Morgan fingerprint density at radius 2 is 2.23 bits per heavy atom. The van der Waals surface area contributed by atoms with Crippen molar-refractivity contribution in [2.75, 3.05) is 18.5 Å². The highest BCUT2D eigenvalue weighted by Crippen LogP contribution is 2.00. The van der Waals surface area contributed by atoms with Gasteiger partial charge < -0.3 is 9.84 Å². The fourth-order valence-corrected chi connectivity index (χ4v) is 0.656. The minimum absolute atomic E-state index is 0.0282. The van der Waals surface area contributed by atoms with Crippen molar-refractivity contribution in [3.63, 3.8) is 0 Å². The zero-order chi connectivity index (χ0) is 9.52. The number of hydrogen-bond donors (Lipinski definition) is 2. The fraction of sp³-hybridized carbons (Fsp3) is 0.286. The normalized spacial score (nSPS) is 9.31. The molecule has 0 unspecified atom stereocenters. The molecule has 1 aromatic rings. The first-order chi connectivity index (χ1) is 6.33. The van der Waals surface area contributed by atoms with E-state index in [0.29, 0.717) is 5.69 Å². The van der Waals surface area contributed by atoms with E-state index < -0.39 is 6.09 Å². The number of aliphatic hydroxyl groups is 1. The molecule has 1 amide bonds. The SMILES string of the molecule is O=C(Nc1cncnc1)OCCO. The van der Waals surface area contributed by atoms with Gasteiger partial charge in [-0.25, -0.2) is 14.8 Å². The number of ether oxygens (including phenoxy) is 1. The van der Waals surface area contributed by atoms with E-state index in [1.165, 1.54) is 18.7 Å². The highest BCUT2D eigenvalue weighted by atomic mass is 16.6. The van der Waals surface area contributed by atoms with Crippen molar-refractivity contribution in [1.29, 1.82) is 0 Å². The molecule has 6 nitrogen and oxygen atoms in total. The third-order valence-corrected chi connectivity index (χ3v) is 1.13. The van der Waals surface area contributed by atoms with Gasteiger partial charge in [-0.2, -0.15) is 0 Å². The lowest BCUT2D eigenvalue weighted by molar-refractivity contribution is 0.131. The van der Waals surface area contributed by atoms with Crippen molar-refractivity contribution in [2.24, 2.45) is 0 Å². The number of nitrogens with one attached hydrogen (secondary N) is 1. The Morgan fingerprint density at radius 3 is 2.85 bits per heavy atom. The summed E-state index contributed by atoms with van der Waals surface area (Å²) in [5, 5.41) is 10.7. The Balaban J connectivity index is 2.37. The van der Waals surface area contributed by atoms with Crippen LogP contribution in [-0.4, -0.2) is 34.4 Å². The standard InChI is InChI=1S/C7H9N3O3/c11-1-2-13-7(12)10-6-3-8-5-9-4-6/h3-5,11H,1-2H2,(H,10,12). The minimum atomic E-state index is -0.635. The third-order valence-electron chi connectivity index (χ3n) is 1.13. The number of amides is 1. The van der Waals surface area contributed by atoms with Crippen LogP contribution in [0.25, 0.3) is 0 Å². The van der Waals surface area contributed by atoms with Crippen LogP contribution in [0.4, 0.5) is 10.5 Å². The maximum Gasteiger partial charge on any atom is 0.411 e. The first-order valence-electron chi connectivity index (χ1n) is 3.62. The highest BCUT2D eigenvalue weighted by molar-refractivity contribution is 5.83. The van der Waals surface area contributed by atoms with Crippen LogP contribution < -0.4 is 5.32 Å². The van der Waals surface area contributed by atoms with Gasteiger partial charge >= 0.3 is 6.09 Å². The second kappa shape index (κ2) is 5.04. The zero-order valence-corrected chi connectivity index (χ0v) is 6.80. The molecule has 0 aliphatic heterocycles. The molecule has 0 aliphatic rings. The van der Waals surface area contributed by atoms with E-state index in [9.17, 15) is 4.79 Å². The second-order valence-corrected chi connectivity index (χ2v) is 2.11. The van der Waals surface area contributed by atoms with Gasteiger partial charge in [-0.15, -0.1) is 0 Å². The van der Waals surface area contributed by atoms with E-state index >= 15 is 0 Å². The Labute approximate surface area is 74.6 Å². The minimum Gasteiger partial charge on any atom is -0.447 e. The molecule has 0 spiro atoms. The van der Waals surface area contributed by atoms with Crippen LogP contribution >= 0.6 is 0 Å². The summed E-state index contributed by atoms with van der Waals surface area (Å²) in [5.74, 6) is 0. The number of anilines is 1. The van der Waals surface area contributed by atoms with Gasteiger partial charge in [-0.05, 0) is 0 Å². The topological polar surface area (TPSA) is 84.3 Å². The summed E-state index contributed by atoms with van der Waals surface area (Å²) in [6, 6.07) is 0. The lowest BCUT2D eigenvalue weighted by Crippen LogP contribution is -2.15. The quantitative estimate of drug-likeness (QED) is 0.689. The smallest absolute Gasteiger partial charge is 0.411 e. The lowest BCUT2D eigenvalue weighted by atomic mass is 10.5. The number of carbonyl (C=O) groups is 1. The van der Waals surface area contributed by atoms with Crippen LogP contribution in [0.15, 0.2) is 18.7 Å². The van der Waals surface area contributed by atoms with Crippen LogP contribution in [0, 0.1) is 0 Å². The number of aliphatic hydroxyl groups excluding tert-OH is 1. The molecule has 0 aromatic carbocycles. The first kappa shape index (κ1) is 9.40. The molecule has 0 aliphatic carbocycles. The van der Waals surface area contributed by atoms with Crippen LogP contribution in [0.5, 0.6) is 0 Å². The van der Waals surface area contributed by atoms with Gasteiger partial charge in [-0.3, -0.25) is 5.32 Å². The van der Waals surface area contributed by atoms with Gasteiger partial charge in [0.1, 0.15) is 12.9 Å². The molecule has 0 atom stereocenters. The van der Waals surface area contributed by atoms with E-state index in [1.807, 2.05) is 0 Å². The van der Waals surface area contributed by atoms with E-state index in [4.69, 9.17) is 5.11 Å². The number of aromatic nitrogens is 2. The summed E-state index contributed by atoms with van der Waals surface area (Å²) in [7, 11) is 0. The largest absolute Gasteiger partial charge is 0.447 e. The summed E-state index contributed by atoms with van der Waals surface area (Å²) < 4.78 is 4.54. The van der Waals surface area contributed by atoms with Gasteiger partial charge in [0.25, 0.3) is 0 Å². The van der Waals surface area contributed by atoms with Crippen molar-refractivity contribution >= 4 is 11.8 Å². The predicted molar refractivity (Wildman–Crippen MR) is 44.1 cm³/mol. The first-order valence-corrected chi connectivity index (χ1v) is 3.62. The summed E-state index contributed by atoms with van der Waals surface area (Å²) in [6.07, 6.45) is 3.59. The molecule has 1 aromatic heterocycles. The molecule has 6 heteroatoms. The fourth-order valence-electron chi connectivity index (χ4n) is 0.656. The molecule has 0 saturated carbocycles. The third kappa shape index (κ3) is 3.48. The molecule has 0 radical (unpaired) electrons. The lowest BCUT2D eigenvalue weighted by Gasteiger charge is -2.03. The molecular weight excluding hydrogens is 174 g/mol. The van der Waals surface area contributed by atoms with Crippen LogP contribution in [0.1, 0.15) is 0 Å². The monoisotopic (exact) mass is 183 g/mol. The molecule has 70 valence electrons. The van der Waals surface area contributed by atoms with E-state index in [1.54, 1.807) is 0 Å². The molecular formula is C7H9N3O3. The zero-order valence-electron chi connectivity index (χ0n) is 6.80. The Kier molecular flexibility index (Phi) is 3.65. The molecule has 1 heterocycles. The second-order valence-electron chi connectivity index (χ2n) is 2.11. The van der Waals surface area contributed by atoms with Crippen molar-refractivity contribution in [3.05, 3.63) is 18.7 Å². The summed E-state index contributed by atoms with van der Waals surface area (Å²) in [6.45, 7) is -0.224. The van der Waals surface area contributed by atoms with Crippen molar-refractivity contribution in [3.8, 4) is 0 Å². The van der Waals surface area contributed by atoms with Crippen molar-refractivity contribution < 1.29 is 14.6 Å². The Morgan fingerprint density at radius 1 is 1.54 bits per heavy atom. The maximum absolute atomic E-state index is 10.9. The average Bonchev–Trinajstić information content (AvgIpc) is 2.16. The van der Waals surface area contributed by atoms with Crippen LogP contribution in [0.2, 0.25) is 0 Å². The van der Waals surface area contributed by atoms with Crippen LogP contribution in [-0.2, 0) is 4.74 Å². The van der Waals surface area contributed by atoms with E-state index in [-0.39, 0.29) is 13.2 Å². The van der Waals surface area contributed by atoms with Crippen molar-refractivity contribution in [1.82, 2.24) is 9.97 Å². The molecule has 2 N–H and O–H groups in total. The summed E-state index contributed by atoms with van der Waals surface area (Å²) >= 11 is 0. The Hall–Kier alpha value is -1.69. The van der Waals surface area contributed by atoms with E-state index in [0.717, 1.165) is 0 Å². The summed E-state index contributed by atoms with van der Waals surface area (Å²) in [5.41, 5.74) is 0.449. The van der Waals surface area contributed by atoms with Gasteiger partial charge in [0, 0.05) is 0 Å². The number of carbonyl (C=O) groups excluding carboxylic acids is 1. The molecule has 13 heavy (non-hydrogen) atoms.